The number of rotatable bonds is 4. The van der Waals surface area contributed by atoms with E-state index in [0.717, 1.165) is 24.8 Å². The maximum Gasteiger partial charge on any atom is 0.221 e. The molecule has 0 aromatic heterocycles. The highest BCUT2D eigenvalue weighted by Crippen LogP contribution is 2.23. The molecule has 2 N–H and O–H groups in total. The molecule has 1 rings (SSSR count). The Morgan fingerprint density at radius 3 is 2.73 bits per heavy atom. The largest absolute Gasteiger partial charge is 0.508 e. The van der Waals surface area contributed by atoms with Crippen LogP contribution in [0.25, 0.3) is 0 Å². The van der Waals surface area contributed by atoms with Crippen LogP contribution in [0.5, 0.6) is 5.75 Å². The Labute approximate surface area is 90.1 Å². The molecular formula is C12H17NO2. The summed E-state index contributed by atoms with van der Waals surface area (Å²) in [5, 5.41) is 12.3. The fourth-order valence-electron chi connectivity index (χ4n) is 1.42. The Morgan fingerprint density at radius 1 is 1.47 bits per heavy atom. The maximum atomic E-state index is 10.8. The van der Waals surface area contributed by atoms with E-state index in [4.69, 9.17) is 0 Å². The van der Waals surface area contributed by atoms with Crippen LogP contribution in [0.3, 0.4) is 0 Å². The number of phenols is 1. The van der Waals surface area contributed by atoms with Gasteiger partial charge in [0, 0.05) is 18.7 Å². The van der Waals surface area contributed by atoms with Crippen LogP contribution in [0, 0.1) is 0 Å². The van der Waals surface area contributed by atoms with Gasteiger partial charge in [-0.15, -0.1) is 0 Å². The first-order chi connectivity index (χ1) is 7.13. The van der Waals surface area contributed by atoms with Gasteiger partial charge in [-0.1, -0.05) is 19.4 Å². The Bertz CT molecular complexity index is 347. The Balaban J connectivity index is 2.74. The average Bonchev–Trinajstić information content (AvgIpc) is 2.15. The van der Waals surface area contributed by atoms with Crippen molar-refractivity contribution in [2.24, 2.45) is 0 Å². The van der Waals surface area contributed by atoms with Gasteiger partial charge in [0.25, 0.3) is 0 Å². The lowest BCUT2D eigenvalue weighted by Gasteiger charge is -2.07. The van der Waals surface area contributed by atoms with Crippen molar-refractivity contribution in [2.45, 2.75) is 33.1 Å². The summed E-state index contributed by atoms with van der Waals surface area (Å²) in [5.41, 5.74) is 1.58. The number of carbonyl (C=O) groups is 1. The van der Waals surface area contributed by atoms with Crippen molar-refractivity contribution in [1.82, 2.24) is 0 Å². The number of aryl methyl sites for hydroxylation is 1. The van der Waals surface area contributed by atoms with Gasteiger partial charge in [-0.25, -0.2) is 0 Å². The summed E-state index contributed by atoms with van der Waals surface area (Å²) >= 11 is 0. The second-order valence-electron chi connectivity index (χ2n) is 3.63. The van der Waals surface area contributed by atoms with Crippen LogP contribution in [0.15, 0.2) is 18.2 Å². The molecule has 0 fully saturated rings. The average molecular weight is 207 g/mol. The summed E-state index contributed by atoms with van der Waals surface area (Å²) < 4.78 is 0. The minimum Gasteiger partial charge on any atom is -0.508 e. The highest BCUT2D eigenvalue weighted by molar-refractivity contribution is 5.88. The third-order valence-electron chi connectivity index (χ3n) is 2.21. The molecule has 0 heterocycles. The molecule has 82 valence electrons. The van der Waals surface area contributed by atoms with Gasteiger partial charge in [-0.3, -0.25) is 4.79 Å². The quantitative estimate of drug-likeness (QED) is 0.797. The molecule has 3 heteroatoms. The van der Waals surface area contributed by atoms with Crippen molar-refractivity contribution in [3.63, 3.8) is 0 Å². The molecule has 0 aliphatic carbocycles. The van der Waals surface area contributed by atoms with Gasteiger partial charge in [0.1, 0.15) is 5.75 Å². The zero-order valence-electron chi connectivity index (χ0n) is 9.21. The smallest absolute Gasteiger partial charge is 0.221 e. The minimum atomic E-state index is -0.129. The monoisotopic (exact) mass is 207 g/mol. The number of phenolic OH excluding ortho intramolecular Hbond substituents is 1. The number of benzene rings is 1. The van der Waals surface area contributed by atoms with Crippen molar-refractivity contribution >= 4 is 11.6 Å². The number of hydrogen-bond acceptors (Lipinski definition) is 2. The van der Waals surface area contributed by atoms with Crippen molar-refractivity contribution < 1.29 is 9.90 Å². The SMILES string of the molecule is CCCCc1ccc(NC(C)=O)cc1O. The zero-order chi connectivity index (χ0) is 11.3. The maximum absolute atomic E-state index is 10.8. The third-order valence-corrected chi connectivity index (χ3v) is 2.21. The van der Waals surface area contributed by atoms with Gasteiger partial charge in [0.15, 0.2) is 0 Å². The number of anilines is 1. The second kappa shape index (κ2) is 5.39. The number of hydrogen-bond donors (Lipinski definition) is 2. The minimum absolute atomic E-state index is 0.129. The Kier molecular flexibility index (Phi) is 4.16. The van der Waals surface area contributed by atoms with Gasteiger partial charge in [-0.2, -0.15) is 0 Å². The topological polar surface area (TPSA) is 49.3 Å². The van der Waals surface area contributed by atoms with Crippen LogP contribution < -0.4 is 5.32 Å². The predicted molar refractivity (Wildman–Crippen MR) is 61.0 cm³/mol. The van der Waals surface area contributed by atoms with Crippen LogP contribution in [0.2, 0.25) is 0 Å². The summed E-state index contributed by atoms with van der Waals surface area (Å²) in [5.74, 6) is 0.130. The first-order valence-electron chi connectivity index (χ1n) is 5.23. The van der Waals surface area contributed by atoms with Gasteiger partial charge < -0.3 is 10.4 Å². The van der Waals surface area contributed by atoms with Gasteiger partial charge in [0.05, 0.1) is 0 Å². The Hall–Kier alpha value is -1.51. The molecule has 0 radical (unpaired) electrons. The highest BCUT2D eigenvalue weighted by Gasteiger charge is 2.02. The fraction of sp³-hybridized carbons (Fsp3) is 0.417. The van der Waals surface area contributed by atoms with E-state index >= 15 is 0 Å². The van der Waals surface area contributed by atoms with Gasteiger partial charge in [-0.05, 0) is 24.5 Å². The highest BCUT2D eigenvalue weighted by atomic mass is 16.3. The molecule has 0 atom stereocenters. The van der Waals surface area contributed by atoms with Crippen LogP contribution in [-0.4, -0.2) is 11.0 Å². The van der Waals surface area contributed by atoms with E-state index in [2.05, 4.69) is 12.2 Å². The number of aromatic hydroxyl groups is 1. The van der Waals surface area contributed by atoms with E-state index in [1.807, 2.05) is 12.1 Å². The lowest BCUT2D eigenvalue weighted by atomic mass is 10.1. The molecular weight excluding hydrogens is 190 g/mol. The molecule has 1 aromatic carbocycles. The summed E-state index contributed by atoms with van der Waals surface area (Å²) in [6.07, 6.45) is 3.04. The van der Waals surface area contributed by atoms with E-state index in [-0.39, 0.29) is 11.7 Å². The molecule has 0 saturated heterocycles. The van der Waals surface area contributed by atoms with Gasteiger partial charge in [0.2, 0.25) is 5.91 Å². The van der Waals surface area contributed by atoms with Crippen LogP contribution >= 0.6 is 0 Å². The van der Waals surface area contributed by atoms with E-state index in [0.29, 0.717) is 5.69 Å². The molecule has 0 saturated carbocycles. The first-order valence-corrected chi connectivity index (χ1v) is 5.23. The lowest BCUT2D eigenvalue weighted by molar-refractivity contribution is -0.114. The fourth-order valence-corrected chi connectivity index (χ4v) is 1.42. The summed E-state index contributed by atoms with van der Waals surface area (Å²) in [6.45, 7) is 3.56. The molecule has 3 nitrogen and oxygen atoms in total. The Morgan fingerprint density at radius 2 is 2.20 bits per heavy atom. The van der Waals surface area contributed by atoms with Crippen molar-refractivity contribution in [3.05, 3.63) is 23.8 Å². The third kappa shape index (κ3) is 3.62. The molecule has 0 bridgehead atoms. The summed E-state index contributed by atoms with van der Waals surface area (Å²) in [6, 6.07) is 5.26. The lowest BCUT2D eigenvalue weighted by Crippen LogP contribution is -2.05. The predicted octanol–water partition coefficient (Wildman–Crippen LogP) is 2.69. The van der Waals surface area contributed by atoms with E-state index in [9.17, 15) is 9.90 Å². The van der Waals surface area contributed by atoms with Crippen LogP contribution in [0.1, 0.15) is 32.3 Å². The number of carbonyl (C=O) groups excluding carboxylic acids is 1. The molecule has 1 aromatic rings. The van der Waals surface area contributed by atoms with Crippen molar-refractivity contribution in [1.29, 1.82) is 0 Å². The standard InChI is InChI=1S/C12H17NO2/c1-3-4-5-10-6-7-11(8-12(10)15)13-9(2)14/h6-8,15H,3-5H2,1-2H3,(H,13,14). The van der Waals surface area contributed by atoms with E-state index in [1.165, 1.54) is 6.92 Å². The molecule has 0 unspecified atom stereocenters. The normalized spacial score (nSPS) is 10.0. The van der Waals surface area contributed by atoms with Crippen LogP contribution in [0.4, 0.5) is 5.69 Å². The van der Waals surface area contributed by atoms with E-state index in [1.54, 1.807) is 6.07 Å². The number of nitrogens with one attached hydrogen (secondary N) is 1. The molecule has 1 amide bonds. The summed E-state index contributed by atoms with van der Waals surface area (Å²) in [7, 11) is 0. The van der Waals surface area contributed by atoms with Crippen molar-refractivity contribution in [3.8, 4) is 5.75 Å². The zero-order valence-corrected chi connectivity index (χ0v) is 9.21. The molecule has 15 heavy (non-hydrogen) atoms. The van der Waals surface area contributed by atoms with E-state index < -0.39 is 0 Å². The first kappa shape index (κ1) is 11.6. The molecule has 0 aliphatic heterocycles. The molecule has 0 aliphatic rings. The molecule has 0 spiro atoms. The second-order valence-corrected chi connectivity index (χ2v) is 3.63. The number of unbranched alkanes of at least 4 members (excludes halogenated alkanes) is 1. The van der Waals surface area contributed by atoms with Crippen molar-refractivity contribution in [2.75, 3.05) is 5.32 Å². The van der Waals surface area contributed by atoms with Gasteiger partial charge >= 0.3 is 0 Å². The summed E-state index contributed by atoms with van der Waals surface area (Å²) in [4.78, 5) is 10.8. The number of amides is 1. The van der Waals surface area contributed by atoms with Crippen LogP contribution in [-0.2, 0) is 11.2 Å².